The molecule has 1 aromatic rings. The maximum Gasteiger partial charge on any atom is 0.338 e. The fraction of sp³-hybridized carbons (Fsp3) is 0.552. The third-order valence-electron chi connectivity index (χ3n) is 6.19. The molecule has 1 atom stereocenters. The normalized spacial score (nSPS) is 20.7. The molecule has 1 aliphatic heterocycles. The van der Waals surface area contributed by atoms with Gasteiger partial charge in [0.25, 0.3) is 5.91 Å². The van der Waals surface area contributed by atoms with E-state index in [9.17, 15) is 9.59 Å². The van der Waals surface area contributed by atoms with Crippen LogP contribution < -0.4 is 0 Å². The molecule has 0 fully saturated rings. The van der Waals surface area contributed by atoms with Crippen LogP contribution in [0, 0.1) is 13.8 Å². The Morgan fingerprint density at radius 3 is 2.57 bits per heavy atom. The lowest BCUT2D eigenvalue weighted by atomic mass is 9.94. The minimum absolute atomic E-state index is 0.0938. The molecule has 1 aromatic carbocycles. The van der Waals surface area contributed by atoms with Crippen molar-refractivity contribution in [2.75, 3.05) is 19.7 Å². The molecule has 0 radical (unpaired) electrons. The first-order chi connectivity index (χ1) is 16.8. The number of oxime groups is 1. The first kappa shape index (κ1) is 28.3. The first-order valence-electron chi connectivity index (χ1n) is 12.9. The van der Waals surface area contributed by atoms with E-state index in [1.54, 1.807) is 4.90 Å². The summed E-state index contributed by atoms with van der Waals surface area (Å²) in [5.74, 6) is -0.386. The Balaban J connectivity index is 2.43. The fourth-order valence-corrected chi connectivity index (χ4v) is 4.42. The van der Waals surface area contributed by atoms with E-state index in [0.717, 1.165) is 48.8 Å². The summed E-state index contributed by atoms with van der Waals surface area (Å²) in [6.45, 7) is 13.2. The van der Waals surface area contributed by atoms with Crippen LogP contribution in [-0.2, 0) is 20.8 Å². The molecule has 1 unspecified atom stereocenters. The lowest BCUT2D eigenvalue weighted by Gasteiger charge is -2.19. The summed E-state index contributed by atoms with van der Waals surface area (Å²) in [4.78, 5) is 32.9. The van der Waals surface area contributed by atoms with Gasteiger partial charge in [0.1, 0.15) is 6.10 Å². The lowest BCUT2D eigenvalue weighted by Crippen LogP contribution is -2.33. The predicted molar refractivity (Wildman–Crippen MR) is 142 cm³/mol. The third-order valence-corrected chi connectivity index (χ3v) is 6.19. The number of hydrogen-bond acceptors (Lipinski definition) is 5. The molecule has 192 valence electrons. The van der Waals surface area contributed by atoms with Gasteiger partial charge in [-0.05, 0) is 71.1 Å². The summed E-state index contributed by atoms with van der Waals surface area (Å²) in [7, 11) is 0. The van der Waals surface area contributed by atoms with Gasteiger partial charge in [0.15, 0.2) is 6.61 Å². The van der Waals surface area contributed by atoms with Crippen LogP contribution in [0.4, 0.5) is 0 Å². The second-order valence-electron chi connectivity index (χ2n) is 9.27. The molecule has 6 nitrogen and oxygen atoms in total. The minimum atomic E-state index is -0.293. The average Bonchev–Trinajstić information content (AvgIpc) is 2.78. The monoisotopic (exact) mass is 482 g/mol. The van der Waals surface area contributed by atoms with E-state index in [4.69, 9.17) is 9.57 Å². The van der Waals surface area contributed by atoms with Gasteiger partial charge >= 0.3 is 5.97 Å². The van der Waals surface area contributed by atoms with Crippen LogP contribution in [0.1, 0.15) is 86.8 Å². The summed E-state index contributed by atoms with van der Waals surface area (Å²) in [6, 6.07) is 4.03. The van der Waals surface area contributed by atoms with Gasteiger partial charge in [-0.25, -0.2) is 4.79 Å². The van der Waals surface area contributed by atoms with Crippen molar-refractivity contribution < 1.29 is 19.2 Å². The van der Waals surface area contributed by atoms with Crippen LogP contribution >= 0.6 is 0 Å². The molecule has 1 aliphatic rings. The number of rotatable bonds is 7. The van der Waals surface area contributed by atoms with Gasteiger partial charge in [0.05, 0.1) is 11.3 Å². The van der Waals surface area contributed by atoms with E-state index in [1.807, 2.05) is 45.9 Å². The SMILES string of the molecule is CCCC1C/C=C/CC/C(C)=C/C(=N/OCC(=O)N(CC)CC)Cc2cc(C)cc(C)c2C(=O)O1. The van der Waals surface area contributed by atoms with E-state index in [1.165, 1.54) is 5.57 Å². The second kappa shape index (κ2) is 14.5. The Kier molecular flexibility index (Phi) is 11.7. The zero-order valence-corrected chi connectivity index (χ0v) is 22.4. The predicted octanol–water partition coefficient (Wildman–Crippen LogP) is 6.10. The summed E-state index contributed by atoms with van der Waals surface area (Å²) < 4.78 is 5.98. The zero-order chi connectivity index (χ0) is 25.8. The highest BCUT2D eigenvalue weighted by Gasteiger charge is 2.21. The molecule has 0 bridgehead atoms. The number of esters is 1. The molecule has 0 spiro atoms. The third kappa shape index (κ3) is 9.00. The number of hydrogen-bond donors (Lipinski definition) is 0. The molecule has 1 amide bonds. The van der Waals surface area contributed by atoms with Crippen molar-refractivity contribution >= 4 is 17.6 Å². The first-order valence-corrected chi connectivity index (χ1v) is 12.9. The van der Waals surface area contributed by atoms with Crippen LogP contribution in [0.2, 0.25) is 0 Å². The largest absolute Gasteiger partial charge is 0.458 e. The number of cyclic esters (lactones) is 1. The summed E-state index contributed by atoms with van der Waals surface area (Å²) in [5.41, 5.74) is 5.26. The van der Waals surface area contributed by atoms with Crippen LogP contribution in [0.15, 0.2) is 41.1 Å². The highest BCUT2D eigenvalue weighted by atomic mass is 16.6. The number of aryl methyl sites for hydroxylation is 2. The number of carbonyl (C=O) groups is 2. The van der Waals surface area contributed by atoms with Gasteiger partial charge < -0.3 is 14.5 Å². The number of fused-ring (bicyclic) bond motifs is 1. The summed E-state index contributed by atoms with van der Waals surface area (Å²) in [5, 5.41) is 4.34. The van der Waals surface area contributed by atoms with Crippen LogP contribution in [0.5, 0.6) is 0 Å². The number of likely N-dealkylation sites (N-methyl/N-ethyl adjacent to an activating group) is 1. The number of carbonyl (C=O) groups excluding carboxylic acids is 2. The standard InChI is InChI=1S/C29H42N2O4/c1-7-13-26-15-12-10-11-14-21(4)18-25(30-34-20-27(32)31(8-2)9-3)19-24-17-22(5)16-23(6)28(24)29(33)35-26/h10,12,16-18,26H,7-9,11,13-15,19-20H2,1-6H3/b12-10+,21-18+,30-25-. The number of benzene rings is 1. The van der Waals surface area contributed by atoms with E-state index in [-0.39, 0.29) is 24.6 Å². The Hall–Kier alpha value is -2.89. The number of allylic oxidation sites excluding steroid dienone is 3. The highest BCUT2D eigenvalue weighted by Crippen LogP contribution is 2.23. The molecule has 2 rings (SSSR count). The van der Waals surface area contributed by atoms with Gasteiger partial charge in [-0.1, -0.05) is 53.9 Å². The van der Waals surface area contributed by atoms with Crippen molar-refractivity contribution in [3.05, 3.63) is 58.2 Å². The Morgan fingerprint density at radius 1 is 1.14 bits per heavy atom. The maximum absolute atomic E-state index is 13.3. The molecular formula is C29H42N2O4. The molecule has 0 aliphatic carbocycles. The van der Waals surface area contributed by atoms with E-state index in [0.29, 0.717) is 30.8 Å². The second-order valence-corrected chi connectivity index (χ2v) is 9.27. The minimum Gasteiger partial charge on any atom is -0.458 e. The van der Waals surface area contributed by atoms with Gasteiger partial charge in [0, 0.05) is 25.9 Å². The van der Waals surface area contributed by atoms with Crippen molar-refractivity contribution in [3.8, 4) is 0 Å². The van der Waals surface area contributed by atoms with Crippen molar-refractivity contribution in [1.82, 2.24) is 4.90 Å². The molecule has 1 heterocycles. The summed E-state index contributed by atoms with van der Waals surface area (Å²) >= 11 is 0. The zero-order valence-electron chi connectivity index (χ0n) is 22.4. The van der Waals surface area contributed by atoms with E-state index < -0.39 is 0 Å². The van der Waals surface area contributed by atoms with Crippen molar-refractivity contribution in [3.63, 3.8) is 0 Å². The van der Waals surface area contributed by atoms with E-state index in [2.05, 4.69) is 31.2 Å². The van der Waals surface area contributed by atoms with Crippen molar-refractivity contribution in [2.24, 2.45) is 5.16 Å². The smallest absolute Gasteiger partial charge is 0.338 e. The van der Waals surface area contributed by atoms with Gasteiger partial charge in [-0.3, -0.25) is 4.79 Å². The molecular weight excluding hydrogens is 440 g/mol. The number of nitrogens with zero attached hydrogens (tertiary/aromatic N) is 2. The van der Waals surface area contributed by atoms with Crippen molar-refractivity contribution in [2.45, 2.75) is 86.2 Å². The van der Waals surface area contributed by atoms with Crippen LogP contribution in [0.25, 0.3) is 0 Å². The Bertz CT molecular complexity index is 958. The quantitative estimate of drug-likeness (QED) is 0.268. The maximum atomic E-state index is 13.3. The molecule has 0 saturated carbocycles. The van der Waals surface area contributed by atoms with Crippen molar-refractivity contribution in [1.29, 1.82) is 0 Å². The molecule has 35 heavy (non-hydrogen) atoms. The fourth-order valence-electron chi connectivity index (χ4n) is 4.42. The van der Waals surface area contributed by atoms with Gasteiger partial charge in [-0.15, -0.1) is 0 Å². The van der Waals surface area contributed by atoms with Crippen LogP contribution in [0.3, 0.4) is 0 Å². The lowest BCUT2D eigenvalue weighted by molar-refractivity contribution is -0.135. The Morgan fingerprint density at radius 2 is 1.89 bits per heavy atom. The number of ether oxygens (including phenoxy) is 1. The Labute approximate surface area is 211 Å². The average molecular weight is 483 g/mol. The van der Waals surface area contributed by atoms with Gasteiger partial charge in [0.2, 0.25) is 0 Å². The summed E-state index contributed by atoms with van der Waals surface area (Å²) in [6.07, 6.45) is 10.9. The van der Waals surface area contributed by atoms with Crippen LogP contribution in [-0.4, -0.2) is 48.3 Å². The molecule has 6 heteroatoms. The topological polar surface area (TPSA) is 68.2 Å². The highest BCUT2D eigenvalue weighted by molar-refractivity contribution is 6.00. The molecule has 0 aromatic heterocycles. The van der Waals surface area contributed by atoms with Gasteiger partial charge in [-0.2, -0.15) is 0 Å². The molecule has 0 N–H and O–H groups in total. The molecule has 0 saturated heterocycles. The number of amides is 1. The van der Waals surface area contributed by atoms with E-state index >= 15 is 0 Å².